The van der Waals surface area contributed by atoms with Crippen LogP contribution in [-0.2, 0) is 4.74 Å². The Hall–Kier alpha value is -0.290. The summed E-state index contributed by atoms with van der Waals surface area (Å²) in [5, 5.41) is 0. The predicted octanol–water partition coefficient (Wildman–Crippen LogP) is 1.43. The first-order chi connectivity index (χ1) is 5.58. The zero-order valence-electron chi connectivity index (χ0n) is 6.60. The summed E-state index contributed by atoms with van der Waals surface area (Å²) in [4.78, 5) is 1.72. The normalized spacial score (nSPS) is 21.2. The van der Waals surface area contributed by atoms with E-state index in [-0.39, 0.29) is 6.54 Å². The standard InChI is InChI=1S/C7H11F3NO/c8-7(9,10)1-2-11-3-5-12-6-4-11/h5H,1-4,6H2. The van der Waals surface area contributed by atoms with Crippen molar-refractivity contribution in [2.45, 2.75) is 12.6 Å². The van der Waals surface area contributed by atoms with Gasteiger partial charge in [0.15, 0.2) is 0 Å². The summed E-state index contributed by atoms with van der Waals surface area (Å²) in [7, 11) is 0. The van der Waals surface area contributed by atoms with Gasteiger partial charge in [0.05, 0.1) is 19.6 Å². The Kier molecular flexibility index (Phi) is 3.34. The highest BCUT2D eigenvalue weighted by molar-refractivity contribution is 4.69. The fraction of sp³-hybridized carbons (Fsp3) is 0.857. The van der Waals surface area contributed by atoms with Gasteiger partial charge in [-0.05, 0) is 0 Å². The average Bonchev–Trinajstić information content (AvgIpc) is 2.02. The Balaban J connectivity index is 2.13. The van der Waals surface area contributed by atoms with E-state index >= 15 is 0 Å². The second kappa shape index (κ2) is 4.09. The molecule has 0 aromatic carbocycles. The number of ether oxygens (including phenoxy) is 1. The molecule has 0 bridgehead atoms. The quantitative estimate of drug-likeness (QED) is 0.640. The molecular formula is C7H11F3NO. The Morgan fingerprint density at radius 1 is 1.42 bits per heavy atom. The van der Waals surface area contributed by atoms with Crippen molar-refractivity contribution in [2.75, 3.05) is 26.2 Å². The van der Waals surface area contributed by atoms with Crippen molar-refractivity contribution >= 4 is 0 Å². The Bertz CT molecular complexity index is 131. The Labute approximate surface area is 69.3 Å². The van der Waals surface area contributed by atoms with E-state index in [1.54, 1.807) is 11.5 Å². The highest BCUT2D eigenvalue weighted by Crippen LogP contribution is 2.20. The first kappa shape index (κ1) is 9.80. The molecule has 2 nitrogen and oxygen atoms in total. The van der Waals surface area contributed by atoms with Crippen LogP contribution in [0.15, 0.2) is 0 Å². The topological polar surface area (TPSA) is 12.5 Å². The van der Waals surface area contributed by atoms with E-state index in [0.29, 0.717) is 19.7 Å². The van der Waals surface area contributed by atoms with E-state index in [9.17, 15) is 13.2 Å². The van der Waals surface area contributed by atoms with E-state index in [2.05, 4.69) is 0 Å². The van der Waals surface area contributed by atoms with Gasteiger partial charge >= 0.3 is 6.18 Å². The summed E-state index contributed by atoms with van der Waals surface area (Å²) in [6, 6.07) is 0. The molecule has 1 fully saturated rings. The third kappa shape index (κ3) is 3.92. The lowest BCUT2D eigenvalue weighted by Crippen LogP contribution is -2.36. The third-order valence-corrected chi connectivity index (χ3v) is 1.69. The van der Waals surface area contributed by atoms with Crippen molar-refractivity contribution in [1.29, 1.82) is 0 Å². The van der Waals surface area contributed by atoms with E-state index in [1.807, 2.05) is 0 Å². The van der Waals surface area contributed by atoms with Crippen molar-refractivity contribution < 1.29 is 17.9 Å². The van der Waals surface area contributed by atoms with Crippen molar-refractivity contribution in [3.8, 4) is 0 Å². The molecule has 1 radical (unpaired) electrons. The summed E-state index contributed by atoms with van der Waals surface area (Å²) in [6.45, 7) is 3.20. The van der Waals surface area contributed by atoms with Crippen LogP contribution in [-0.4, -0.2) is 37.3 Å². The molecule has 12 heavy (non-hydrogen) atoms. The van der Waals surface area contributed by atoms with Crippen molar-refractivity contribution in [3.05, 3.63) is 6.61 Å². The molecule has 0 amide bonds. The van der Waals surface area contributed by atoms with Gasteiger partial charge in [-0.15, -0.1) is 0 Å². The van der Waals surface area contributed by atoms with E-state index in [0.717, 1.165) is 0 Å². The molecule has 0 unspecified atom stereocenters. The number of rotatable bonds is 2. The summed E-state index contributed by atoms with van der Waals surface area (Å²) >= 11 is 0. The SMILES string of the molecule is FC(F)(F)CCN1C[CH]OCC1. The van der Waals surface area contributed by atoms with Gasteiger partial charge in [0.25, 0.3) is 0 Å². The van der Waals surface area contributed by atoms with Gasteiger partial charge in [-0.1, -0.05) is 0 Å². The van der Waals surface area contributed by atoms with Gasteiger partial charge in [0.2, 0.25) is 0 Å². The molecule has 1 heterocycles. The molecule has 0 aromatic heterocycles. The minimum absolute atomic E-state index is 0.0728. The van der Waals surface area contributed by atoms with Crippen LogP contribution in [0.25, 0.3) is 0 Å². The number of hydrogen-bond donors (Lipinski definition) is 0. The fourth-order valence-electron chi connectivity index (χ4n) is 1.00. The minimum Gasteiger partial charge on any atom is -0.373 e. The maximum atomic E-state index is 11.7. The molecule has 0 spiro atoms. The number of morpholine rings is 1. The van der Waals surface area contributed by atoms with Gasteiger partial charge in [-0.2, -0.15) is 13.2 Å². The smallest absolute Gasteiger partial charge is 0.373 e. The van der Waals surface area contributed by atoms with E-state index < -0.39 is 12.6 Å². The molecule has 0 N–H and O–H groups in total. The zero-order valence-corrected chi connectivity index (χ0v) is 6.60. The summed E-state index contributed by atoms with van der Waals surface area (Å²) in [6.07, 6.45) is -4.78. The summed E-state index contributed by atoms with van der Waals surface area (Å²) < 4.78 is 40.1. The van der Waals surface area contributed by atoms with E-state index in [4.69, 9.17) is 4.74 Å². The van der Waals surface area contributed by atoms with Crippen LogP contribution in [0.1, 0.15) is 6.42 Å². The summed E-state index contributed by atoms with van der Waals surface area (Å²) in [5.74, 6) is 0. The molecule has 0 aromatic rings. The van der Waals surface area contributed by atoms with Crippen LogP contribution < -0.4 is 0 Å². The minimum atomic E-state index is -4.04. The van der Waals surface area contributed by atoms with Gasteiger partial charge in [-0.3, -0.25) is 4.90 Å². The lowest BCUT2D eigenvalue weighted by atomic mass is 10.3. The van der Waals surface area contributed by atoms with Gasteiger partial charge in [0, 0.05) is 19.6 Å². The fourth-order valence-corrected chi connectivity index (χ4v) is 1.00. The van der Waals surface area contributed by atoms with Gasteiger partial charge in [0.1, 0.15) is 0 Å². The monoisotopic (exact) mass is 182 g/mol. The molecule has 5 heteroatoms. The molecule has 71 valence electrons. The maximum Gasteiger partial charge on any atom is 0.390 e. The predicted molar refractivity (Wildman–Crippen MR) is 37.4 cm³/mol. The number of halogens is 3. The number of nitrogens with zero attached hydrogens (tertiary/aromatic N) is 1. The maximum absolute atomic E-state index is 11.7. The van der Waals surface area contributed by atoms with Crippen LogP contribution in [0.5, 0.6) is 0 Å². The van der Waals surface area contributed by atoms with Crippen molar-refractivity contribution in [1.82, 2.24) is 4.90 Å². The first-order valence-electron chi connectivity index (χ1n) is 3.80. The van der Waals surface area contributed by atoms with Crippen LogP contribution in [0, 0.1) is 6.61 Å². The molecule has 1 saturated heterocycles. The van der Waals surface area contributed by atoms with Crippen LogP contribution in [0.4, 0.5) is 13.2 Å². The summed E-state index contributed by atoms with van der Waals surface area (Å²) in [5.41, 5.74) is 0. The highest BCUT2D eigenvalue weighted by atomic mass is 19.4. The molecule has 1 aliphatic heterocycles. The second-order valence-electron chi connectivity index (χ2n) is 2.70. The second-order valence-corrected chi connectivity index (χ2v) is 2.70. The lowest BCUT2D eigenvalue weighted by molar-refractivity contribution is -0.139. The van der Waals surface area contributed by atoms with Crippen LogP contribution in [0.2, 0.25) is 0 Å². The van der Waals surface area contributed by atoms with Gasteiger partial charge in [-0.25, -0.2) is 0 Å². The zero-order chi connectivity index (χ0) is 9.03. The Morgan fingerprint density at radius 2 is 2.17 bits per heavy atom. The van der Waals surface area contributed by atoms with E-state index in [1.165, 1.54) is 0 Å². The van der Waals surface area contributed by atoms with Gasteiger partial charge < -0.3 is 4.74 Å². The molecule has 0 aliphatic carbocycles. The number of alkyl halides is 3. The van der Waals surface area contributed by atoms with Crippen LogP contribution >= 0.6 is 0 Å². The molecule has 0 atom stereocenters. The molecular weight excluding hydrogens is 171 g/mol. The first-order valence-corrected chi connectivity index (χ1v) is 3.80. The third-order valence-electron chi connectivity index (χ3n) is 1.69. The van der Waals surface area contributed by atoms with Crippen LogP contribution in [0.3, 0.4) is 0 Å². The number of hydrogen-bond acceptors (Lipinski definition) is 2. The molecule has 1 rings (SSSR count). The molecule has 0 saturated carbocycles. The van der Waals surface area contributed by atoms with Crippen molar-refractivity contribution in [3.63, 3.8) is 0 Å². The average molecular weight is 182 g/mol. The molecule has 1 aliphatic rings. The lowest BCUT2D eigenvalue weighted by Gasteiger charge is -2.26. The Morgan fingerprint density at radius 3 is 2.67 bits per heavy atom. The highest BCUT2D eigenvalue weighted by Gasteiger charge is 2.28. The largest absolute Gasteiger partial charge is 0.390 e. The van der Waals surface area contributed by atoms with Crippen molar-refractivity contribution in [2.24, 2.45) is 0 Å².